The molecule has 0 spiro atoms. The highest BCUT2D eigenvalue weighted by Crippen LogP contribution is 2.26. The number of imidazole rings is 1. The molecule has 1 N–H and O–H groups in total. The zero-order valence-corrected chi connectivity index (χ0v) is 13.1. The summed E-state index contributed by atoms with van der Waals surface area (Å²) < 4.78 is 1.84. The monoisotopic (exact) mass is 325 g/mol. The molecule has 0 aliphatic rings. The molecule has 2 aromatic heterocycles. The van der Waals surface area contributed by atoms with Gasteiger partial charge in [0.15, 0.2) is 0 Å². The maximum absolute atomic E-state index is 11.2. The lowest BCUT2D eigenvalue weighted by molar-refractivity contribution is 0.0703. The number of aliphatic hydroxyl groups is 1. The van der Waals surface area contributed by atoms with Gasteiger partial charge in [0.2, 0.25) is 0 Å². The zero-order chi connectivity index (χ0) is 16.1. The highest BCUT2D eigenvalue weighted by molar-refractivity contribution is 6.30. The van der Waals surface area contributed by atoms with Crippen molar-refractivity contribution in [2.45, 2.75) is 12.1 Å². The predicted octanol–water partition coefficient (Wildman–Crippen LogP) is 3.53. The van der Waals surface area contributed by atoms with E-state index in [2.05, 4.69) is 9.97 Å². The van der Waals surface area contributed by atoms with E-state index in [4.69, 9.17) is 11.6 Å². The quantitative estimate of drug-likeness (QED) is 0.780. The molecule has 4 nitrogen and oxygen atoms in total. The maximum Gasteiger partial charge on any atom is 0.126 e. The number of hydrogen-bond donors (Lipinski definition) is 1. The molecule has 0 saturated heterocycles. The van der Waals surface area contributed by atoms with E-state index in [1.807, 2.05) is 53.2 Å². The molecule has 5 heteroatoms. The smallest absolute Gasteiger partial charge is 0.126 e. The summed E-state index contributed by atoms with van der Waals surface area (Å²) in [6.45, 7) is 0.362. The van der Waals surface area contributed by atoms with E-state index in [9.17, 15) is 5.11 Å². The summed E-state index contributed by atoms with van der Waals surface area (Å²) in [5.74, 6) is 0. The number of aromatic nitrogens is 3. The Bertz CT molecular complexity index is 770. The topological polar surface area (TPSA) is 50.9 Å². The third-order valence-corrected chi connectivity index (χ3v) is 3.84. The van der Waals surface area contributed by atoms with E-state index >= 15 is 0 Å². The summed E-state index contributed by atoms with van der Waals surface area (Å²) in [5.41, 5.74) is 0.572. The fourth-order valence-electron chi connectivity index (χ4n) is 2.35. The van der Waals surface area contributed by atoms with E-state index < -0.39 is 5.60 Å². The summed E-state index contributed by atoms with van der Waals surface area (Å²) in [6.07, 6.45) is 12.2. The number of hydrogen-bond acceptors (Lipinski definition) is 3. The van der Waals surface area contributed by atoms with Crippen molar-refractivity contribution in [2.24, 2.45) is 0 Å². The zero-order valence-electron chi connectivity index (χ0n) is 12.4. The Kier molecular flexibility index (Phi) is 4.55. The molecule has 0 unspecified atom stereocenters. The van der Waals surface area contributed by atoms with Crippen LogP contribution >= 0.6 is 11.6 Å². The number of benzene rings is 1. The van der Waals surface area contributed by atoms with Gasteiger partial charge in [0.1, 0.15) is 5.60 Å². The molecule has 0 aliphatic carbocycles. The lowest BCUT2D eigenvalue weighted by Crippen LogP contribution is -2.28. The minimum atomic E-state index is -1.16. The van der Waals surface area contributed by atoms with Gasteiger partial charge >= 0.3 is 0 Å². The fourth-order valence-corrected chi connectivity index (χ4v) is 2.47. The van der Waals surface area contributed by atoms with Crippen LogP contribution in [-0.4, -0.2) is 19.6 Å². The van der Waals surface area contributed by atoms with Gasteiger partial charge in [0.25, 0.3) is 0 Å². The predicted molar refractivity (Wildman–Crippen MR) is 90.8 cm³/mol. The summed E-state index contributed by atoms with van der Waals surface area (Å²) in [4.78, 5) is 8.04. The minimum absolute atomic E-state index is 0.362. The SMILES string of the molecule is O[C@](/C=C\c1ccc(Cl)cc1)(Cn1ccnc1)c1ccncc1. The largest absolute Gasteiger partial charge is 0.379 e. The Morgan fingerprint density at radius 1 is 1.04 bits per heavy atom. The third kappa shape index (κ3) is 3.86. The molecular weight excluding hydrogens is 310 g/mol. The highest BCUT2D eigenvalue weighted by atomic mass is 35.5. The van der Waals surface area contributed by atoms with E-state index in [0.29, 0.717) is 11.6 Å². The van der Waals surface area contributed by atoms with Crippen molar-refractivity contribution in [3.63, 3.8) is 0 Å². The van der Waals surface area contributed by atoms with Crippen LogP contribution in [0.15, 0.2) is 73.6 Å². The Morgan fingerprint density at radius 3 is 2.43 bits per heavy atom. The number of pyridine rings is 1. The Labute approximate surface area is 139 Å². The van der Waals surface area contributed by atoms with Crippen molar-refractivity contribution < 1.29 is 5.11 Å². The van der Waals surface area contributed by atoms with E-state index in [1.54, 1.807) is 31.0 Å². The lowest BCUT2D eigenvalue weighted by atomic mass is 9.93. The number of rotatable bonds is 5. The van der Waals surface area contributed by atoms with Crippen molar-refractivity contribution in [3.05, 3.63) is 89.7 Å². The standard InChI is InChI=1S/C18H16ClN3O/c19-17-3-1-15(2-4-17)5-8-18(23,13-22-12-11-21-14-22)16-6-9-20-10-7-16/h1-12,14,23H,13H2/b8-5-/t18-/m1/s1. The molecule has 3 rings (SSSR count). The van der Waals surface area contributed by atoms with Crippen LogP contribution in [-0.2, 0) is 12.1 Å². The number of halogens is 1. The second-order valence-electron chi connectivity index (χ2n) is 5.28. The third-order valence-electron chi connectivity index (χ3n) is 3.58. The Hall–Kier alpha value is -2.43. The lowest BCUT2D eigenvalue weighted by Gasteiger charge is -2.25. The molecule has 0 bridgehead atoms. The van der Waals surface area contributed by atoms with Crippen molar-refractivity contribution in [1.82, 2.24) is 14.5 Å². The maximum atomic E-state index is 11.2. The van der Waals surface area contributed by atoms with Crippen LogP contribution in [0.1, 0.15) is 11.1 Å². The summed E-state index contributed by atoms with van der Waals surface area (Å²) >= 11 is 5.90. The first-order valence-electron chi connectivity index (χ1n) is 7.19. The normalized spacial score (nSPS) is 14.0. The molecule has 1 atom stereocenters. The molecular formula is C18H16ClN3O. The highest BCUT2D eigenvalue weighted by Gasteiger charge is 2.26. The molecule has 0 aliphatic heterocycles. The molecule has 116 valence electrons. The summed E-state index contributed by atoms with van der Waals surface area (Å²) in [7, 11) is 0. The molecule has 0 saturated carbocycles. The summed E-state index contributed by atoms with van der Waals surface area (Å²) in [5, 5.41) is 11.9. The molecule has 2 heterocycles. The van der Waals surface area contributed by atoms with E-state index in [0.717, 1.165) is 11.1 Å². The first kappa shape index (κ1) is 15.5. The van der Waals surface area contributed by atoms with Gasteiger partial charge < -0.3 is 9.67 Å². The average molecular weight is 326 g/mol. The van der Waals surface area contributed by atoms with Crippen molar-refractivity contribution in [2.75, 3.05) is 0 Å². The van der Waals surface area contributed by atoms with Crippen molar-refractivity contribution in [3.8, 4) is 0 Å². The molecule has 3 aromatic rings. The van der Waals surface area contributed by atoms with Gasteiger partial charge in [-0.1, -0.05) is 29.8 Å². The van der Waals surface area contributed by atoms with Crippen LogP contribution in [0.3, 0.4) is 0 Å². The molecule has 0 amide bonds. The molecule has 1 aromatic carbocycles. The van der Waals surface area contributed by atoms with Gasteiger partial charge in [0, 0.05) is 29.8 Å². The average Bonchev–Trinajstić information content (AvgIpc) is 3.08. The Morgan fingerprint density at radius 2 is 1.78 bits per heavy atom. The van der Waals surface area contributed by atoms with Crippen LogP contribution in [0.5, 0.6) is 0 Å². The van der Waals surface area contributed by atoms with Crippen LogP contribution in [0.25, 0.3) is 6.08 Å². The van der Waals surface area contributed by atoms with Crippen LogP contribution in [0.4, 0.5) is 0 Å². The molecule has 23 heavy (non-hydrogen) atoms. The van der Waals surface area contributed by atoms with Crippen molar-refractivity contribution >= 4 is 17.7 Å². The van der Waals surface area contributed by atoms with Gasteiger partial charge in [-0.3, -0.25) is 4.98 Å². The van der Waals surface area contributed by atoms with Crippen LogP contribution < -0.4 is 0 Å². The van der Waals surface area contributed by atoms with Gasteiger partial charge in [-0.05, 0) is 41.5 Å². The second-order valence-corrected chi connectivity index (χ2v) is 5.72. The van der Waals surface area contributed by atoms with E-state index in [1.165, 1.54) is 0 Å². The number of nitrogens with zero attached hydrogens (tertiary/aromatic N) is 3. The Balaban J connectivity index is 1.93. The molecule has 0 fully saturated rings. The van der Waals surface area contributed by atoms with Gasteiger partial charge in [0.05, 0.1) is 12.9 Å². The first-order valence-corrected chi connectivity index (χ1v) is 7.57. The summed E-state index contributed by atoms with van der Waals surface area (Å²) in [6, 6.07) is 11.1. The van der Waals surface area contributed by atoms with Crippen LogP contribution in [0, 0.1) is 0 Å². The van der Waals surface area contributed by atoms with Gasteiger partial charge in [-0.2, -0.15) is 0 Å². The minimum Gasteiger partial charge on any atom is -0.379 e. The van der Waals surface area contributed by atoms with Gasteiger partial charge in [-0.15, -0.1) is 0 Å². The molecule has 0 radical (unpaired) electrons. The van der Waals surface area contributed by atoms with Crippen LogP contribution in [0.2, 0.25) is 5.02 Å². The van der Waals surface area contributed by atoms with Crippen molar-refractivity contribution in [1.29, 1.82) is 0 Å². The van der Waals surface area contributed by atoms with E-state index in [-0.39, 0.29) is 0 Å². The fraction of sp³-hybridized carbons (Fsp3) is 0.111. The van der Waals surface area contributed by atoms with Gasteiger partial charge in [-0.25, -0.2) is 4.98 Å². The first-order chi connectivity index (χ1) is 11.2. The second kappa shape index (κ2) is 6.77.